The predicted octanol–water partition coefficient (Wildman–Crippen LogP) is 6.91. The lowest BCUT2D eigenvalue weighted by atomic mass is 10.1. The van der Waals surface area contributed by atoms with Gasteiger partial charge in [-0.1, -0.05) is 58.5 Å². The zero-order chi connectivity index (χ0) is 21.2. The molecular formula is C21H8Cl4N2O3. The van der Waals surface area contributed by atoms with E-state index in [2.05, 4.69) is 4.98 Å². The molecule has 30 heavy (non-hydrogen) atoms. The van der Waals surface area contributed by atoms with Gasteiger partial charge in [-0.3, -0.25) is 9.59 Å². The van der Waals surface area contributed by atoms with Crippen molar-refractivity contribution in [2.75, 3.05) is 4.90 Å². The number of amides is 2. The molecule has 0 radical (unpaired) electrons. The Kier molecular flexibility index (Phi) is 4.52. The molecule has 2 amide bonds. The topological polar surface area (TPSA) is 63.4 Å². The second-order valence-electron chi connectivity index (χ2n) is 6.49. The number of halogens is 4. The summed E-state index contributed by atoms with van der Waals surface area (Å²) in [4.78, 5) is 31.3. The number of hydrogen-bond acceptors (Lipinski definition) is 4. The number of fused-ring (bicyclic) bond motifs is 2. The Hall–Kier alpha value is -2.57. The van der Waals surface area contributed by atoms with Gasteiger partial charge in [0.1, 0.15) is 5.52 Å². The van der Waals surface area contributed by atoms with Crippen LogP contribution in [-0.4, -0.2) is 16.8 Å². The maximum atomic E-state index is 12.9. The van der Waals surface area contributed by atoms with Crippen molar-refractivity contribution in [1.82, 2.24) is 4.98 Å². The first kappa shape index (κ1) is 19.4. The average molecular weight is 478 g/mol. The van der Waals surface area contributed by atoms with Gasteiger partial charge in [0, 0.05) is 5.56 Å². The molecule has 0 bridgehead atoms. The molecule has 0 saturated heterocycles. The van der Waals surface area contributed by atoms with Gasteiger partial charge < -0.3 is 4.42 Å². The van der Waals surface area contributed by atoms with Crippen LogP contribution in [0.5, 0.6) is 0 Å². The maximum Gasteiger partial charge on any atom is 0.267 e. The molecule has 0 aliphatic carbocycles. The van der Waals surface area contributed by atoms with Crippen LogP contribution in [0, 0.1) is 0 Å². The normalized spacial score (nSPS) is 13.4. The number of oxazole rings is 1. The number of hydrogen-bond donors (Lipinski definition) is 0. The van der Waals surface area contributed by atoms with Crippen molar-refractivity contribution in [2.24, 2.45) is 0 Å². The largest absolute Gasteiger partial charge is 0.436 e. The fourth-order valence-electron chi connectivity index (χ4n) is 3.33. The monoisotopic (exact) mass is 476 g/mol. The van der Waals surface area contributed by atoms with Crippen LogP contribution >= 0.6 is 46.4 Å². The third kappa shape index (κ3) is 2.74. The van der Waals surface area contributed by atoms with Gasteiger partial charge in [0.05, 0.1) is 36.9 Å². The summed E-state index contributed by atoms with van der Waals surface area (Å²) in [5, 5.41) is -0.359. The summed E-state index contributed by atoms with van der Waals surface area (Å²) in [5.41, 5.74) is 2.28. The molecule has 0 fully saturated rings. The molecule has 1 aliphatic rings. The van der Waals surface area contributed by atoms with E-state index in [0.717, 1.165) is 10.4 Å². The molecule has 0 N–H and O–H groups in total. The second-order valence-corrected chi connectivity index (χ2v) is 8.00. The summed E-state index contributed by atoms with van der Waals surface area (Å²) in [6, 6.07) is 14.0. The van der Waals surface area contributed by atoms with Gasteiger partial charge in [-0.25, -0.2) is 9.88 Å². The fraction of sp³-hybridized carbons (Fsp3) is 0. The number of aromatic nitrogens is 1. The highest BCUT2D eigenvalue weighted by Gasteiger charge is 2.42. The van der Waals surface area contributed by atoms with E-state index < -0.39 is 11.8 Å². The van der Waals surface area contributed by atoms with E-state index in [0.29, 0.717) is 22.7 Å². The lowest BCUT2D eigenvalue weighted by Crippen LogP contribution is -2.29. The van der Waals surface area contributed by atoms with E-state index in [4.69, 9.17) is 50.8 Å². The molecule has 1 aliphatic heterocycles. The Bertz CT molecular complexity index is 1300. The van der Waals surface area contributed by atoms with Crippen LogP contribution in [-0.2, 0) is 0 Å². The summed E-state index contributed by atoms with van der Waals surface area (Å²) >= 11 is 24.5. The Balaban J connectivity index is 1.55. The molecule has 5 nitrogen and oxygen atoms in total. The number of nitrogens with zero attached hydrogens (tertiary/aromatic N) is 2. The lowest BCUT2D eigenvalue weighted by Gasteiger charge is -2.14. The molecule has 0 unspecified atom stereocenters. The summed E-state index contributed by atoms with van der Waals surface area (Å²) in [6.45, 7) is 0. The Morgan fingerprint density at radius 3 is 1.87 bits per heavy atom. The minimum Gasteiger partial charge on any atom is -0.436 e. The van der Waals surface area contributed by atoms with Crippen molar-refractivity contribution in [2.45, 2.75) is 0 Å². The van der Waals surface area contributed by atoms with Gasteiger partial charge in [-0.15, -0.1) is 0 Å². The van der Waals surface area contributed by atoms with E-state index in [-0.39, 0.29) is 31.2 Å². The third-order valence-electron chi connectivity index (χ3n) is 4.77. The molecular weight excluding hydrogens is 470 g/mol. The molecule has 4 aromatic rings. The van der Waals surface area contributed by atoms with Crippen molar-refractivity contribution < 1.29 is 14.0 Å². The highest BCUT2D eigenvalue weighted by Crippen LogP contribution is 2.45. The number of imide groups is 1. The molecule has 0 atom stereocenters. The van der Waals surface area contributed by atoms with E-state index in [1.165, 1.54) is 0 Å². The SMILES string of the molecule is O=C1c2c(Cl)c(Cl)c(Cl)c(Cl)c2C(=O)N1c1ccc(-c2nc3ccccc3o2)cc1. The van der Waals surface area contributed by atoms with Crippen molar-refractivity contribution >= 4 is 75.0 Å². The van der Waals surface area contributed by atoms with E-state index in [1.807, 2.05) is 24.3 Å². The van der Waals surface area contributed by atoms with Crippen molar-refractivity contribution in [1.29, 1.82) is 0 Å². The Labute approximate surface area is 189 Å². The summed E-state index contributed by atoms with van der Waals surface area (Å²) in [5.74, 6) is -0.833. The third-order valence-corrected chi connectivity index (χ3v) is 6.57. The van der Waals surface area contributed by atoms with Crippen LogP contribution < -0.4 is 4.90 Å². The van der Waals surface area contributed by atoms with Crippen LogP contribution in [0.25, 0.3) is 22.6 Å². The van der Waals surface area contributed by atoms with Crippen molar-refractivity contribution in [3.63, 3.8) is 0 Å². The van der Waals surface area contributed by atoms with E-state index in [9.17, 15) is 9.59 Å². The van der Waals surface area contributed by atoms with Crippen LogP contribution in [0.3, 0.4) is 0 Å². The summed E-state index contributed by atoms with van der Waals surface area (Å²) < 4.78 is 5.75. The molecule has 3 aromatic carbocycles. The zero-order valence-corrected chi connectivity index (χ0v) is 17.8. The second kappa shape index (κ2) is 7.00. The molecule has 5 rings (SSSR count). The number of carbonyl (C=O) groups is 2. The van der Waals surface area contributed by atoms with Crippen LogP contribution in [0.2, 0.25) is 20.1 Å². The minimum absolute atomic E-state index is 0.0657. The number of rotatable bonds is 2. The smallest absolute Gasteiger partial charge is 0.267 e. The van der Waals surface area contributed by atoms with Gasteiger partial charge in [0.25, 0.3) is 11.8 Å². The van der Waals surface area contributed by atoms with Gasteiger partial charge in [-0.05, 0) is 36.4 Å². The van der Waals surface area contributed by atoms with E-state index >= 15 is 0 Å². The molecule has 148 valence electrons. The minimum atomic E-state index is -0.630. The van der Waals surface area contributed by atoms with Gasteiger partial charge in [0.15, 0.2) is 5.58 Å². The highest BCUT2D eigenvalue weighted by molar-refractivity contribution is 6.56. The van der Waals surface area contributed by atoms with Crippen molar-refractivity contribution in [3.05, 3.63) is 79.7 Å². The van der Waals surface area contributed by atoms with Gasteiger partial charge in [-0.2, -0.15) is 0 Å². The first-order valence-electron chi connectivity index (χ1n) is 8.59. The highest BCUT2D eigenvalue weighted by atomic mass is 35.5. The first-order chi connectivity index (χ1) is 14.4. The maximum absolute atomic E-state index is 12.9. The lowest BCUT2D eigenvalue weighted by molar-refractivity contribution is 0.0926. The average Bonchev–Trinajstić information content (AvgIpc) is 3.29. The molecule has 2 heterocycles. The summed E-state index contributed by atoms with van der Waals surface area (Å²) in [7, 11) is 0. The standard InChI is InChI=1S/C21H8Cl4N2O3/c22-15-13-14(16(23)18(25)17(15)24)21(29)27(20(13)28)10-7-5-9(6-8-10)19-26-11-3-1-2-4-12(11)30-19/h1-8H. The summed E-state index contributed by atoms with van der Waals surface area (Å²) in [6.07, 6.45) is 0. The zero-order valence-electron chi connectivity index (χ0n) is 14.7. The van der Waals surface area contributed by atoms with Crippen LogP contribution in [0.4, 0.5) is 5.69 Å². The van der Waals surface area contributed by atoms with Crippen LogP contribution in [0.1, 0.15) is 20.7 Å². The number of anilines is 1. The Morgan fingerprint density at radius 1 is 0.733 bits per heavy atom. The predicted molar refractivity (Wildman–Crippen MR) is 117 cm³/mol. The molecule has 0 spiro atoms. The van der Waals surface area contributed by atoms with Crippen molar-refractivity contribution in [3.8, 4) is 11.5 Å². The number of carbonyl (C=O) groups excluding carboxylic acids is 2. The van der Waals surface area contributed by atoms with Gasteiger partial charge >= 0.3 is 0 Å². The molecule has 9 heteroatoms. The molecule has 1 aromatic heterocycles. The quantitative estimate of drug-likeness (QED) is 0.179. The van der Waals surface area contributed by atoms with Crippen LogP contribution in [0.15, 0.2) is 52.9 Å². The van der Waals surface area contributed by atoms with Gasteiger partial charge in [0.2, 0.25) is 5.89 Å². The molecule has 0 saturated carbocycles. The Morgan fingerprint density at radius 2 is 1.30 bits per heavy atom. The fourth-order valence-corrected chi connectivity index (χ4v) is 4.35. The number of para-hydroxylation sites is 2. The number of benzene rings is 3. The van der Waals surface area contributed by atoms with E-state index in [1.54, 1.807) is 24.3 Å². The first-order valence-corrected chi connectivity index (χ1v) is 10.1.